The van der Waals surface area contributed by atoms with E-state index >= 15 is 0 Å². The number of aromatic nitrogens is 3. The van der Waals surface area contributed by atoms with Gasteiger partial charge in [-0.05, 0) is 19.4 Å². The van der Waals surface area contributed by atoms with E-state index in [-0.39, 0.29) is 11.6 Å². The topological polar surface area (TPSA) is 92.9 Å². The molecule has 20 heavy (non-hydrogen) atoms. The largest absolute Gasteiger partial charge is 0.369 e. The second-order valence-electron chi connectivity index (χ2n) is 4.08. The van der Waals surface area contributed by atoms with Crippen molar-refractivity contribution in [2.24, 2.45) is 0 Å². The molecule has 0 aliphatic carbocycles. The Balaban J connectivity index is 2.21. The van der Waals surface area contributed by atoms with E-state index in [4.69, 9.17) is 4.52 Å². The lowest BCUT2D eigenvalue weighted by Crippen LogP contribution is -2.16. The Morgan fingerprint density at radius 1 is 1.50 bits per heavy atom. The number of carbonyl (C=O) groups excluding carboxylic acids is 1. The molecule has 0 aliphatic heterocycles. The summed E-state index contributed by atoms with van der Waals surface area (Å²) in [6.45, 7) is 4.22. The lowest BCUT2D eigenvalue weighted by Gasteiger charge is -2.09. The Morgan fingerprint density at radius 3 is 2.95 bits per heavy atom. The van der Waals surface area contributed by atoms with Crippen molar-refractivity contribution in [1.82, 2.24) is 15.1 Å². The Bertz CT molecular complexity index is 614. The number of hydrogen-bond donors (Lipinski definition) is 2. The molecular formula is C12H14FN5O2. The van der Waals surface area contributed by atoms with Crippen LogP contribution in [-0.2, 0) is 0 Å². The van der Waals surface area contributed by atoms with Gasteiger partial charge in [0.25, 0.3) is 5.91 Å². The van der Waals surface area contributed by atoms with Crippen LogP contribution >= 0.6 is 0 Å². The van der Waals surface area contributed by atoms with E-state index in [2.05, 4.69) is 25.8 Å². The van der Waals surface area contributed by atoms with Gasteiger partial charge >= 0.3 is 6.01 Å². The van der Waals surface area contributed by atoms with Crippen molar-refractivity contribution in [2.45, 2.75) is 20.3 Å². The minimum absolute atomic E-state index is 0.0433. The quantitative estimate of drug-likeness (QED) is 0.869. The van der Waals surface area contributed by atoms with E-state index in [0.29, 0.717) is 18.2 Å². The van der Waals surface area contributed by atoms with Gasteiger partial charge in [-0.2, -0.15) is 4.98 Å². The highest BCUT2D eigenvalue weighted by Gasteiger charge is 2.16. The molecule has 0 bridgehead atoms. The van der Waals surface area contributed by atoms with Crippen LogP contribution in [0.1, 0.15) is 29.5 Å². The first kappa shape index (κ1) is 13.9. The number of amides is 1. The lowest BCUT2D eigenvalue weighted by molar-refractivity contribution is 0.102. The molecule has 1 amide bonds. The van der Waals surface area contributed by atoms with Gasteiger partial charge in [-0.25, -0.2) is 9.37 Å². The fourth-order valence-corrected chi connectivity index (χ4v) is 1.51. The van der Waals surface area contributed by atoms with E-state index in [1.807, 2.05) is 6.92 Å². The maximum absolute atomic E-state index is 13.3. The van der Waals surface area contributed by atoms with Crippen molar-refractivity contribution >= 4 is 17.7 Å². The molecule has 2 aromatic heterocycles. The fourth-order valence-electron chi connectivity index (χ4n) is 1.51. The molecule has 106 valence electrons. The van der Waals surface area contributed by atoms with Crippen molar-refractivity contribution in [1.29, 1.82) is 0 Å². The average molecular weight is 279 g/mol. The van der Waals surface area contributed by atoms with Gasteiger partial charge in [-0.1, -0.05) is 12.1 Å². The molecule has 2 N–H and O–H groups in total. The Labute approximate surface area is 114 Å². The SMILES string of the molecule is CCCNc1ncc(F)cc1C(=O)Nc1nc(C)no1. The van der Waals surface area contributed by atoms with Crippen LogP contribution in [0.15, 0.2) is 16.8 Å². The summed E-state index contributed by atoms with van der Waals surface area (Å²) in [5, 5.41) is 8.90. The van der Waals surface area contributed by atoms with Gasteiger partial charge in [-0.3, -0.25) is 10.1 Å². The molecule has 2 aromatic rings. The van der Waals surface area contributed by atoms with Gasteiger partial charge in [0.2, 0.25) is 0 Å². The van der Waals surface area contributed by atoms with Crippen LogP contribution < -0.4 is 10.6 Å². The molecule has 0 spiro atoms. The van der Waals surface area contributed by atoms with Gasteiger partial charge in [0.1, 0.15) is 11.6 Å². The Morgan fingerprint density at radius 2 is 2.30 bits per heavy atom. The van der Waals surface area contributed by atoms with Gasteiger partial charge in [0, 0.05) is 6.54 Å². The van der Waals surface area contributed by atoms with Crippen LogP contribution in [0.3, 0.4) is 0 Å². The van der Waals surface area contributed by atoms with Gasteiger partial charge in [0.05, 0.1) is 11.8 Å². The number of nitrogens with zero attached hydrogens (tertiary/aromatic N) is 3. The highest BCUT2D eigenvalue weighted by Crippen LogP contribution is 2.15. The molecule has 7 nitrogen and oxygen atoms in total. The maximum Gasteiger partial charge on any atom is 0.328 e. The van der Waals surface area contributed by atoms with Crippen molar-refractivity contribution in [3.8, 4) is 0 Å². The summed E-state index contributed by atoms with van der Waals surface area (Å²) >= 11 is 0. The average Bonchev–Trinajstić information content (AvgIpc) is 2.82. The molecule has 0 unspecified atom stereocenters. The minimum atomic E-state index is -0.598. The first-order valence-corrected chi connectivity index (χ1v) is 6.11. The smallest absolute Gasteiger partial charge is 0.328 e. The van der Waals surface area contributed by atoms with E-state index < -0.39 is 11.7 Å². The summed E-state index contributed by atoms with van der Waals surface area (Å²) in [4.78, 5) is 19.8. The van der Waals surface area contributed by atoms with Gasteiger partial charge in [0.15, 0.2) is 5.82 Å². The zero-order valence-corrected chi connectivity index (χ0v) is 11.1. The number of halogens is 1. The molecule has 2 heterocycles. The zero-order chi connectivity index (χ0) is 14.5. The van der Waals surface area contributed by atoms with E-state index in [1.54, 1.807) is 6.92 Å². The highest BCUT2D eigenvalue weighted by atomic mass is 19.1. The van der Waals surface area contributed by atoms with Crippen LogP contribution in [-0.4, -0.2) is 27.6 Å². The summed E-state index contributed by atoms with van der Waals surface area (Å²) in [6, 6.07) is 1.06. The third-order valence-electron chi connectivity index (χ3n) is 2.39. The summed E-state index contributed by atoms with van der Waals surface area (Å²) in [5.41, 5.74) is 0.0781. The highest BCUT2D eigenvalue weighted by molar-refractivity contribution is 6.06. The predicted molar refractivity (Wildman–Crippen MR) is 70.0 cm³/mol. The zero-order valence-electron chi connectivity index (χ0n) is 11.1. The van der Waals surface area contributed by atoms with Crippen LogP contribution in [0.4, 0.5) is 16.2 Å². The summed E-state index contributed by atoms with van der Waals surface area (Å²) < 4.78 is 18.0. The number of nitrogens with one attached hydrogen (secondary N) is 2. The lowest BCUT2D eigenvalue weighted by atomic mass is 10.2. The second-order valence-corrected chi connectivity index (χ2v) is 4.08. The third-order valence-corrected chi connectivity index (χ3v) is 2.39. The monoisotopic (exact) mass is 279 g/mol. The molecule has 0 saturated carbocycles. The Kier molecular flexibility index (Phi) is 4.24. The number of rotatable bonds is 5. The van der Waals surface area contributed by atoms with E-state index in [1.165, 1.54) is 0 Å². The van der Waals surface area contributed by atoms with E-state index in [9.17, 15) is 9.18 Å². The van der Waals surface area contributed by atoms with Crippen LogP contribution in [0.2, 0.25) is 0 Å². The summed E-state index contributed by atoms with van der Waals surface area (Å²) in [7, 11) is 0. The number of aryl methyl sites for hydroxylation is 1. The molecule has 0 fully saturated rings. The van der Waals surface area contributed by atoms with Crippen LogP contribution in [0.25, 0.3) is 0 Å². The number of anilines is 2. The van der Waals surface area contributed by atoms with Gasteiger partial charge < -0.3 is 9.84 Å². The molecule has 0 atom stereocenters. The predicted octanol–water partition coefficient (Wildman–Crippen LogP) is 1.99. The van der Waals surface area contributed by atoms with Gasteiger partial charge in [-0.15, -0.1) is 0 Å². The second kappa shape index (κ2) is 6.09. The van der Waals surface area contributed by atoms with Crippen LogP contribution in [0, 0.1) is 12.7 Å². The van der Waals surface area contributed by atoms with Crippen molar-refractivity contribution in [2.75, 3.05) is 17.2 Å². The standard InChI is InChI=1S/C12H14FN5O2/c1-3-4-14-10-9(5-8(13)6-15-10)11(19)17-12-16-7(2)18-20-12/h5-6H,3-4H2,1-2H3,(H,14,15)(H,16,17,18,19). The summed E-state index contributed by atoms with van der Waals surface area (Å²) in [5.74, 6) is -0.470. The molecule has 2 rings (SSSR count). The first-order valence-electron chi connectivity index (χ1n) is 6.11. The maximum atomic E-state index is 13.3. The Hall–Kier alpha value is -2.51. The normalized spacial score (nSPS) is 10.3. The molecule has 0 aromatic carbocycles. The van der Waals surface area contributed by atoms with Crippen molar-refractivity contribution in [3.63, 3.8) is 0 Å². The molecule has 0 saturated heterocycles. The fraction of sp³-hybridized carbons (Fsp3) is 0.333. The molecular weight excluding hydrogens is 265 g/mol. The first-order chi connectivity index (χ1) is 9.60. The van der Waals surface area contributed by atoms with Crippen LogP contribution in [0.5, 0.6) is 0 Å². The number of carbonyl (C=O) groups is 1. The van der Waals surface area contributed by atoms with E-state index in [0.717, 1.165) is 18.7 Å². The number of pyridine rings is 1. The van der Waals surface area contributed by atoms with Crippen molar-refractivity contribution in [3.05, 3.63) is 29.5 Å². The van der Waals surface area contributed by atoms with Crippen molar-refractivity contribution < 1.29 is 13.7 Å². The molecule has 0 aliphatic rings. The summed E-state index contributed by atoms with van der Waals surface area (Å²) in [6.07, 6.45) is 1.90. The third kappa shape index (κ3) is 3.28. The minimum Gasteiger partial charge on any atom is -0.369 e. The number of hydrogen-bond acceptors (Lipinski definition) is 6. The molecule has 8 heteroatoms. The molecule has 0 radical (unpaired) electrons.